The molecule has 2 aliphatic rings. The van der Waals surface area contributed by atoms with Crippen molar-refractivity contribution < 1.29 is 4.21 Å². The van der Waals surface area contributed by atoms with Gasteiger partial charge in [0, 0.05) is 0 Å². The molecule has 0 aromatic rings. The molecule has 2 rings (SSSR count). The SMILES string of the molecule is CC(C)[C@@H]1CC2=C1C(CC[S-](=O)=S)CC2. The molecule has 0 saturated carbocycles. The van der Waals surface area contributed by atoms with Crippen LogP contribution in [0.2, 0.25) is 0 Å². The first-order chi connectivity index (χ1) is 7.09. The van der Waals surface area contributed by atoms with Crippen molar-refractivity contribution in [3.63, 3.8) is 0 Å². The van der Waals surface area contributed by atoms with Crippen molar-refractivity contribution in [2.45, 2.75) is 39.5 Å². The van der Waals surface area contributed by atoms with Crippen LogP contribution >= 0.6 is 0 Å². The lowest BCUT2D eigenvalue weighted by atomic mass is 9.70. The first kappa shape index (κ1) is 11.6. The topological polar surface area (TPSA) is 17.1 Å². The molecule has 0 N–H and O–H groups in total. The van der Waals surface area contributed by atoms with E-state index < -0.39 is 9.36 Å². The molecule has 0 amide bonds. The van der Waals surface area contributed by atoms with Gasteiger partial charge in [-0.3, -0.25) is 0 Å². The second-order valence-electron chi connectivity index (χ2n) is 5.15. The van der Waals surface area contributed by atoms with Crippen molar-refractivity contribution >= 4 is 20.5 Å². The van der Waals surface area contributed by atoms with Crippen LogP contribution < -0.4 is 0 Å². The van der Waals surface area contributed by atoms with E-state index in [1.807, 2.05) is 0 Å². The Morgan fingerprint density at radius 2 is 2.27 bits per heavy atom. The average molecular weight is 243 g/mol. The Hall–Kier alpha value is 0.110. The molecule has 0 fully saturated rings. The van der Waals surface area contributed by atoms with Crippen LogP contribution in [-0.4, -0.2) is 5.75 Å². The van der Waals surface area contributed by atoms with Crippen LogP contribution in [0.3, 0.4) is 0 Å². The van der Waals surface area contributed by atoms with Gasteiger partial charge in [0.2, 0.25) is 0 Å². The Balaban J connectivity index is 1.98. The summed E-state index contributed by atoms with van der Waals surface area (Å²) >= 11 is 4.74. The highest BCUT2D eigenvalue weighted by molar-refractivity contribution is 8.21. The largest absolute Gasteiger partial charge is 0.451 e. The number of rotatable bonds is 4. The molecule has 2 atom stereocenters. The van der Waals surface area contributed by atoms with Gasteiger partial charge >= 0.3 is 0 Å². The van der Waals surface area contributed by atoms with Gasteiger partial charge in [-0.15, -0.1) is 0 Å². The fraction of sp³-hybridized carbons (Fsp3) is 0.833. The summed E-state index contributed by atoms with van der Waals surface area (Å²) in [5.41, 5.74) is 3.44. The zero-order chi connectivity index (χ0) is 11.0. The van der Waals surface area contributed by atoms with Gasteiger partial charge in [0.15, 0.2) is 0 Å². The van der Waals surface area contributed by atoms with Crippen LogP contribution in [0.5, 0.6) is 0 Å². The molecule has 1 nitrogen and oxygen atoms in total. The van der Waals surface area contributed by atoms with E-state index in [1.54, 1.807) is 11.1 Å². The zero-order valence-corrected chi connectivity index (χ0v) is 11.1. The van der Waals surface area contributed by atoms with Crippen molar-refractivity contribution in [2.75, 3.05) is 5.75 Å². The summed E-state index contributed by atoms with van der Waals surface area (Å²) in [6.07, 6.45) is 4.98. The minimum absolute atomic E-state index is 0.710. The van der Waals surface area contributed by atoms with Crippen LogP contribution in [-0.2, 0) is 24.8 Å². The van der Waals surface area contributed by atoms with Crippen molar-refractivity contribution in [1.29, 1.82) is 0 Å². The number of allylic oxidation sites excluding steroid dienone is 2. The highest BCUT2D eigenvalue weighted by Gasteiger charge is 2.39. The summed E-state index contributed by atoms with van der Waals surface area (Å²) in [6, 6.07) is 0. The van der Waals surface area contributed by atoms with Crippen LogP contribution in [0.25, 0.3) is 0 Å². The third kappa shape index (κ3) is 2.28. The van der Waals surface area contributed by atoms with E-state index in [9.17, 15) is 4.21 Å². The second-order valence-corrected chi connectivity index (χ2v) is 7.28. The van der Waals surface area contributed by atoms with Crippen molar-refractivity contribution in [2.24, 2.45) is 17.8 Å². The minimum Gasteiger partial charge on any atom is -0.451 e. The van der Waals surface area contributed by atoms with Gasteiger partial charge in [-0.25, -0.2) is 20.5 Å². The standard InChI is InChI=1S/C12H19OS2/c1-8(2)11-7-10-4-3-9(12(10)11)5-6-15(13)14/h8-9,11H,3-7H2,1-2H3/q-1/t9?,11-/m0/s1. The molecule has 15 heavy (non-hydrogen) atoms. The Morgan fingerprint density at radius 1 is 1.53 bits per heavy atom. The Labute approximate surface area is 99.0 Å². The quantitative estimate of drug-likeness (QED) is 0.557. The minimum atomic E-state index is -1.02. The molecule has 0 spiro atoms. The molecule has 1 unspecified atom stereocenters. The van der Waals surface area contributed by atoms with E-state index >= 15 is 0 Å². The van der Waals surface area contributed by atoms with Gasteiger partial charge in [0.05, 0.1) is 0 Å². The van der Waals surface area contributed by atoms with Gasteiger partial charge in [-0.1, -0.05) is 37.2 Å². The Morgan fingerprint density at radius 3 is 2.87 bits per heavy atom. The van der Waals surface area contributed by atoms with Gasteiger partial charge < -0.3 is 4.21 Å². The predicted octanol–water partition coefficient (Wildman–Crippen LogP) is 3.18. The summed E-state index contributed by atoms with van der Waals surface area (Å²) in [5, 5.41) is 0. The molecule has 3 heteroatoms. The molecule has 0 aromatic carbocycles. The number of hydrogen-bond donors (Lipinski definition) is 0. The predicted molar refractivity (Wildman–Crippen MR) is 67.6 cm³/mol. The second kappa shape index (κ2) is 4.54. The molecule has 2 aliphatic carbocycles. The van der Waals surface area contributed by atoms with E-state index in [-0.39, 0.29) is 0 Å². The summed E-state index contributed by atoms with van der Waals surface area (Å²) in [7, 11) is -1.02. The van der Waals surface area contributed by atoms with Crippen LogP contribution in [0.15, 0.2) is 11.1 Å². The molecular weight excluding hydrogens is 224 g/mol. The monoisotopic (exact) mass is 243 g/mol. The lowest BCUT2D eigenvalue weighted by Gasteiger charge is -2.36. The fourth-order valence-electron chi connectivity index (χ4n) is 3.10. The zero-order valence-electron chi connectivity index (χ0n) is 9.49. The maximum absolute atomic E-state index is 10.9. The van der Waals surface area contributed by atoms with Gasteiger partial charge in [0.1, 0.15) is 0 Å². The van der Waals surface area contributed by atoms with E-state index in [1.165, 1.54) is 19.3 Å². The van der Waals surface area contributed by atoms with Gasteiger partial charge in [0.25, 0.3) is 0 Å². The molecule has 0 aromatic heterocycles. The molecule has 0 radical (unpaired) electrons. The lowest BCUT2D eigenvalue weighted by molar-refractivity contribution is 0.364. The fourth-order valence-corrected chi connectivity index (χ4v) is 3.86. The molecule has 0 bridgehead atoms. The van der Waals surface area contributed by atoms with Crippen LogP contribution in [0, 0.1) is 17.8 Å². The van der Waals surface area contributed by atoms with Crippen molar-refractivity contribution in [1.82, 2.24) is 0 Å². The van der Waals surface area contributed by atoms with E-state index in [0.717, 1.165) is 18.3 Å². The normalized spacial score (nSPS) is 29.9. The summed E-state index contributed by atoms with van der Waals surface area (Å²) in [6.45, 7) is 4.63. The first-order valence-corrected chi connectivity index (χ1v) is 8.11. The summed E-state index contributed by atoms with van der Waals surface area (Å²) in [4.78, 5) is 0. The van der Waals surface area contributed by atoms with Crippen LogP contribution in [0.1, 0.15) is 39.5 Å². The first-order valence-electron chi connectivity index (χ1n) is 5.87. The maximum Gasteiger partial charge on any atom is -0.0137 e. The van der Waals surface area contributed by atoms with Crippen LogP contribution in [0.4, 0.5) is 0 Å². The molecule has 0 heterocycles. The maximum atomic E-state index is 10.9. The third-order valence-electron chi connectivity index (χ3n) is 3.95. The molecular formula is C12H19OS2-. The lowest BCUT2D eigenvalue weighted by Crippen LogP contribution is -2.24. The Bertz CT molecular complexity index is 345. The van der Waals surface area contributed by atoms with Gasteiger partial charge in [-0.05, 0) is 37.0 Å². The van der Waals surface area contributed by atoms with Crippen molar-refractivity contribution in [3.8, 4) is 0 Å². The third-order valence-corrected chi connectivity index (χ3v) is 5.02. The molecule has 0 aliphatic heterocycles. The van der Waals surface area contributed by atoms with Crippen molar-refractivity contribution in [3.05, 3.63) is 11.1 Å². The smallest absolute Gasteiger partial charge is 0.0137 e. The van der Waals surface area contributed by atoms with E-state index in [2.05, 4.69) is 13.8 Å². The summed E-state index contributed by atoms with van der Waals surface area (Å²) in [5.74, 6) is 3.03. The highest BCUT2D eigenvalue weighted by atomic mass is 32.8. The van der Waals surface area contributed by atoms with Gasteiger partial charge in [-0.2, -0.15) is 0 Å². The number of hydrogen-bond acceptors (Lipinski definition) is 3. The van der Waals surface area contributed by atoms with E-state index in [4.69, 9.17) is 11.2 Å². The average Bonchev–Trinajstić information content (AvgIpc) is 2.38. The Kier molecular flexibility index (Phi) is 3.51. The highest BCUT2D eigenvalue weighted by Crippen LogP contribution is 2.52. The molecule has 0 saturated heterocycles. The van der Waals surface area contributed by atoms with E-state index in [0.29, 0.717) is 11.7 Å². The molecule has 86 valence electrons. The summed E-state index contributed by atoms with van der Waals surface area (Å²) < 4.78 is 10.9.